The van der Waals surface area contributed by atoms with E-state index in [1.807, 2.05) is 24.3 Å². The van der Waals surface area contributed by atoms with E-state index in [0.717, 1.165) is 24.1 Å². The molecule has 0 unspecified atom stereocenters. The summed E-state index contributed by atoms with van der Waals surface area (Å²) in [4.78, 5) is 12.3. The van der Waals surface area contributed by atoms with Gasteiger partial charge in [0.25, 0.3) is 5.91 Å². The predicted octanol–water partition coefficient (Wildman–Crippen LogP) is 2.27. The highest BCUT2D eigenvalue weighted by Crippen LogP contribution is 2.42. The Hall–Kier alpha value is -2.34. The van der Waals surface area contributed by atoms with Gasteiger partial charge in [-0.25, -0.2) is 0 Å². The molecule has 0 spiro atoms. The van der Waals surface area contributed by atoms with Gasteiger partial charge in [0.05, 0.1) is 18.0 Å². The maximum atomic E-state index is 12.3. The van der Waals surface area contributed by atoms with Crippen molar-refractivity contribution in [2.24, 2.45) is 0 Å². The first-order chi connectivity index (χ1) is 10.2. The van der Waals surface area contributed by atoms with Crippen LogP contribution in [0.15, 0.2) is 24.3 Å². The molecule has 0 radical (unpaired) electrons. The maximum Gasteiger partial charge on any atom is 0.278 e. The monoisotopic (exact) mass is 286 g/mol. The van der Waals surface area contributed by atoms with E-state index in [1.165, 1.54) is 0 Å². The molecule has 110 valence electrons. The van der Waals surface area contributed by atoms with Crippen LogP contribution in [0.4, 0.5) is 11.4 Å². The molecule has 4 N–H and O–H groups in total. The summed E-state index contributed by atoms with van der Waals surface area (Å²) in [5.74, 6) is 0.124. The highest BCUT2D eigenvalue weighted by Gasteiger charge is 2.30. The van der Waals surface area contributed by atoms with Crippen LogP contribution in [0.5, 0.6) is 0 Å². The standard InChI is InChI=1S/C15H18N4O2/c1-21-8-10-4-2-3-5-11(10)17-15(20)14-12(16)13(18-19-14)9-6-7-9/h2-5,9H,6-8,16H2,1H3,(H,17,20)(H,18,19). The van der Waals surface area contributed by atoms with E-state index >= 15 is 0 Å². The van der Waals surface area contributed by atoms with Gasteiger partial charge >= 0.3 is 0 Å². The zero-order valence-electron chi connectivity index (χ0n) is 11.8. The molecule has 6 heteroatoms. The van der Waals surface area contributed by atoms with Crippen molar-refractivity contribution in [3.8, 4) is 0 Å². The molecule has 1 saturated carbocycles. The van der Waals surface area contributed by atoms with E-state index in [2.05, 4.69) is 15.5 Å². The van der Waals surface area contributed by atoms with Crippen LogP contribution in [0.2, 0.25) is 0 Å². The molecule has 1 amide bonds. The number of nitrogens with one attached hydrogen (secondary N) is 2. The minimum atomic E-state index is -0.306. The molecule has 1 fully saturated rings. The van der Waals surface area contributed by atoms with Crippen molar-refractivity contribution in [2.45, 2.75) is 25.4 Å². The van der Waals surface area contributed by atoms with Crippen LogP contribution in [0.25, 0.3) is 0 Å². The molecule has 0 aliphatic heterocycles. The van der Waals surface area contributed by atoms with Gasteiger partial charge in [0.1, 0.15) is 0 Å². The number of amides is 1. The van der Waals surface area contributed by atoms with Crippen molar-refractivity contribution in [1.29, 1.82) is 0 Å². The number of benzene rings is 1. The quantitative estimate of drug-likeness (QED) is 0.786. The Kier molecular flexibility index (Phi) is 3.62. The number of nitrogen functional groups attached to an aromatic ring is 1. The number of H-pyrrole nitrogens is 1. The molecule has 3 rings (SSSR count). The van der Waals surface area contributed by atoms with Gasteiger partial charge in [0, 0.05) is 24.3 Å². The number of hydrogen-bond acceptors (Lipinski definition) is 4. The molecule has 1 aromatic carbocycles. The largest absolute Gasteiger partial charge is 0.395 e. The van der Waals surface area contributed by atoms with Gasteiger partial charge in [0.2, 0.25) is 0 Å². The van der Waals surface area contributed by atoms with Gasteiger partial charge in [-0.1, -0.05) is 18.2 Å². The molecule has 1 aliphatic rings. The lowest BCUT2D eigenvalue weighted by molar-refractivity contribution is 0.102. The first-order valence-electron chi connectivity index (χ1n) is 6.92. The zero-order valence-corrected chi connectivity index (χ0v) is 11.8. The number of nitrogens with two attached hydrogens (primary N) is 1. The van der Waals surface area contributed by atoms with Crippen molar-refractivity contribution >= 4 is 17.3 Å². The average Bonchev–Trinajstić information content (AvgIpc) is 3.24. The lowest BCUT2D eigenvalue weighted by atomic mass is 10.1. The molecule has 21 heavy (non-hydrogen) atoms. The number of hydrogen-bond donors (Lipinski definition) is 3. The van der Waals surface area contributed by atoms with E-state index in [0.29, 0.717) is 23.9 Å². The number of rotatable bonds is 5. The second-order valence-corrected chi connectivity index (χ2v) is 5.22. The van der Waals surface area contributed by atoms with Crippen molar-refractivity contribution in [2.75, 3.05) is 18.2 Å². The van der Waals surface area contributed by atoms with Gasteiger partial charge in [-0.15, -0.1) is 0 Å². The van der Waals surface area contributed by atoms with Crippen LogP contribution in [-0.4, -0.2) is 23.2 Å². The van der Waals surface area contributed by atoms with Gasteiger partial charge < -0.3 is 15.8 Å². The van der Waals surface area contributed by atoms with Gasteiger partial charge in [-0.05, 0) is 18.9 Å². The average molecular weight is 286 g/mol. The number of ether oxygens (including phenoxy) is 1. The third kappa shape index (κ3) is 2.75. The lowest BCUT2D eigenvalue weighted by Gasteiger charge is -2.09. The highest BCUT2D eigenvalue weighted by atomic mass is 16.5. The third-order valence-corrected chi connectivity index (χ3v) is 3.60. The second kappa shape index (κ2) is 5.57. The van der Waals surface area contributed by atoms with Crippen molar-refractivity contribution in [3.63, 3.8) is 0 Å². The van der Waals surface area contributed by atoms with E-state index in [9.17, 15) is 4.79 Å². The van der Waals surface area contributed by atoms with Crippen molar-refractivity contribution < 1.29 is 9.53 Å². The number of aromatic nitrogens is 2. The van der Waals surface area contributed by atoms with Gasteiger partial charge in [0.15, 0.2) is 5.69 Å². The Balaban J connectivity index is 1.80. The summed E-state index contributed by atoms with van der Waals surface area (Å²) in [6, 6.07) is 7.50. The minimum Gasteiger partial charge on any atom is -0.395 e. The number of carbonyl (C=O) groups excluding carboxylic acids is 1. The fourth-order valence-corrected chi connectivity index (χ4v) is 2.33. The Bertz CT molecular complexity index is 661. The summed E-state index contributed by atoms with van der Waals surface area (Å²) in [7, 11) is 1.62. The van der Waals surface area contributed by atoms with E-state index in [1.54, 1.807) is 7.11 Å². The fourth-order valence-electron chi connectivity index (χ4n) is 2.33. The SMILES string of the molecule is COCc1ccccc1NC(=O)c1n[nH]c(C2CC2)c1N. The van der Waals surface area contributed by atoms with Crippen LogP contribution in [0, 0.1) is 0 Å². The normalized spacial score (nSPS) is 14.1. The number of carbonyl (C=O) groups is 1. The van der Waals surface area contributed by atoms with Crippen LogP contribution in [0.3, 0.4) is 0 Å². The molecule has 1 aliphatic carbocycles. The van der Waals surface area contributed by atoms with E-state index < -0.39 is 0 Å². The number of methoxy groups -OCH3 is 1. The lowest BCUT2D eigenvalue weighted by Crippen LogP contribution is -2.15. The van der Waals surface area contributed by atoms with Crippen LogP contribution in [0.1, 0.15) is 40.5 Å². The summed E-state index contributed by atoms with van der Waals surface area (Å²) >= 11 is 0. The molecule has 6 nitrogen and oxygen atoms in total. The van der Waals surface area contributed by atoms with E-state index in [4.69, 9.17) is 10.5 Å². The molecule has 0 atom stereocenters. The summed E-state index contributed by atoms with van der Waals surface area (Å²) in [6.45, 7) is 0.430. The summed E-state index contributed by atoms with van der Waals surface area (Å²) < 4.78 is 5.13. The molecular weight excluding hydrogens is 268 g/mol. The Morgan fingerprint density at radius 3 is 2.95 bits per heavy atom. The third-order valence-electron chi connectivity index (χ3n) is 3.60. The Morgan fingerprint density at radius 1 is 1.48 bits per heavy atom. The molecule has 2 aromatic rings. The number of para-hydroxylation sites is 1. The van der Waals surface area contributed by atoms with Crippen LogP contribution in [-0.2, 0) is 11.3 Å². The summed E-state index contributed by atoms with van der Waals surface area (Å²) in [5.41, 5.74) is 9.22. The van der Waals surface area contributed by atoms with E-state index in [-0.39, 0.29) is 11.6 Å². The molecule has 1 heterocycles. The fraction of sp³-hybridized carbons (Fsp3) is 0.333. The summed E-state index contributed by atoms with van der Waals surface area (Å²) in [5, 5.41) is 9.78. The highest BCUT2D eigenvalue weighted by molar-refractivity contribution is 6.06. The predicted molar refractivity (Wildman–Crippen MR) is 80.1 cm³/mol. The van der Waals surface area contributed by atoms with Gasteiger partial charge in [-0.2, -0.15) is 5.10 Å². The van der Waals surface area contributed by atoms with Gasteiger partial charge in [-0.3, -0.25) is 9.89 Å². The summed E-state index contributed by atoms with van der Waals surface area (Å²) in [6.07, 6.45) is 2.20. The number of anilines is 2. The number of aromatic amines is 1. The minimum absolute atomic E-state index is 0.254. The molecular formula is C15H18N4O2. The molecule has 0 saturated heterocycles. The smallest absolute Gasteiger partial charge is 0.278 e. The maximum absolute atomic E-state index is 12.3. The van der Waals surface area contributed by atoms with Crippen molar-refractivity contribution in [1.82, 2.24) is 10.2 Å². The first-order valence-corrected chi connectivity index (χ1v) is 6.92. The van der Waals surface area contributed by atoms with Crippen molar-refractivity contribution in [3.05, 3.63) is 41.2 Å². The van der Waals surface area contributed by atoms with Crippen LogP contribution >= 0.6 is 0 Å². The second-order valence-electron chi connectivity index (χ2n) is 5.22. The first kappa shape index (κ1) is 13.6. The Labute approximate surface area is 122 Å². The Morgan fingerprint density at radius 2 is 2.24 bits per heavy atom. The molecule has 0 bridgehead atoms. The zero-order chi connectivity index (χ0) is 14.8. The van der Waals surface area contributed by atoms with Crippen LogP contribution < -0.4 is 11.1 Å². The topological polar surface area (TPSA) is 93.0 Å². The molecule has 1 aromatic heterocycles. The number of nitrogens with zero attached hydrogens (tertiary/aromatic N) is 1.